The van der Waals surface area contributed by atoms with Gasteiger partial charge in [-0.1, -0.05) is 30.4 Å². The van der Waals surface area contributed by atoms with Gasteiger partial charge in [0.05, 0.1) is 0 Å². The molecule has 1 nitrogen and oxygen atoms in total. The van der Waals surface area contributed by atoms with Crippen molar-refractivity contribution < 1.29 is 0 Å². The monoisotopic (exact) mass is 137 g/mol. The van der Waals surface area contributed by atoms with E-state index >= 15 is 0 Å². The molecule has 0 spiro atoms. The number of hydrogen-bond donors (Lipinski definition) is 1. The van der Waals surface area contributed by atoms with Crippen LogP contribution >= 0.6 is 0 Å². The predicted octanol–water partition coefficient (Wildman–Crippen LogP) is 2.02. The zero-order valence-electron chi connectivity index (χ0n) is 6.67. The summed E-state index contributed by atoms with van der Waals surface area (Å²) in [4.78, 5) is 0. The van der Waals surface area contributed by atoms with E-state index in [4.69, 9.17) is 5.73 Å². The molecule has 56 valence electrons. The number of rotatable bonds is 3. The second-order valence-corrected chi connectivity index (χ2v) is 2.46. The SMILES string of the molecule is C=C[C@@](C)(N)/C=C\C=C/C. The van der Waals surface area contributed by atoms with Crippen LogP contribution in [0.5, 0.6) is 0 Å². The molecule has 0 aromatic heterocycles. The number of nitrogens with two attached hydrogens (primary N) is 1. The maximum Gasteiger partial charge on any atom is 0.0496 e. The molecule has 1 heteroatoms. The highest BCUT2D eigenvalue weighted by Gasteiger charge is 2.05. The fourth-order valence-electron chi connectivity index (χ4n) is 0.442. The van der Waals surface area contributed by atoms with E-state index in [1.165, 1.54) is 0 Å². The number of hydrogen-bond acceptors (Lipinski definition) is 1. The minimum Gasteiger partial charge on any atom is -0.319 e. The summed E-state index contributed by atoms with van der Waals surface area (Å²) in [7, 11) is 0. The Morgan fingerprint density at radius 1 is 1.40 bits per heavy atom. The third-order valence-corrected chi connectivity index (χ3v) is 1.20. The molecule has 0 saturated carbocycles. The third kappa shape index (κ3) is 4.10. The third-order valence-electron chi connectivity index (χ3n) is 1.20. The maximum atomic E-state index is 5.72. The summed E-state index contributed by atoms with van der Waals surface area (Å²) >= 11 is 0. The molecule has 0 aromatic carbocycles. The van der Waals surface area contributed by atoms with Crippen molar-refractivity contribution in [2.75, 3.05) is 0 Å². The fourth-order valence-corrected chi connectivity index (χ4v) is 0.442. The van der Waals surface area contributed by atoms with Crippen LogP contribution in [-0.2, 0) is 0 Å². The Labute approximate surface area is 62.9 Å². The molecular weight excluding hydrogens is 122 g/mol. The average Bonchev–Trinajstić information content (AvgIpc) is 1.89. The van der Waals surface area contributed by atoms with Crippen molar-refractivity contribution in [2.24, 2.45) is 5.73 Å². The highest BCUT2D eigenvalue weighted by molar-refractivity contribution is 5.16. The van der Waals surface area contributed by atoms with E-state index in [1.54, 1.807) is 6.08 Å². The topological polar surface area (TPSA) is 26.0 Å². The van der Waals surface area contributed by atoms with Crippen molar-refractivity contribution in [3.05, 3.63) is 37.0 Å². The van der Waals surface area contributed by atoms with Crippen LogP contribution in [0, 0.1) is 0 Å². The minimum atomic E-state index is -0.375. The molecule has 0 aliphatic heterocycles. The summed E-state index contributed by atoms with van der Waals surface area (Å²) in [6, 6.07) is 0. The first kappa shape index (κ1) is 9.18. The smallest absolute Gasteiger partial charge is 0.0496 e. The Morgan fingerprint density at radius 2 is 2.00 bits per heavy atom. The molecule has 10 heavy (non-hydrogen) atoms. The first-order valence-electron chi connectivity index (χ1n) is 3.35. The summed E-state index contributed by atoms with van der Waals surface area (Å²) < 4.78 is 0. The van der Waals surface area contributed by atoms with Crippen LogP contribution in [0.1, 0.15) is 13.8 Å². The summed E-state index contributed by atoms with van der Waals surface area (Å²) in [6.45, 7) is 7.48. The van der Waals surface area contributed by atoms with Crippen LogP contribution in [0.25, 0.3) is 0 Å². The Hall–Kier alpha value is -0.820. The second kappa shape index (κ2) is 4.07. The average molecular weight is 137 g/mol. The van der Waals surface area contributed by atoms with E-state index in [0.29, 0.717) is 0 Å². The lowest BCUT2D eigenvalue weighted by molar-refractivity contribution is 0.737. The van der Waals surface area contributed by atoms with Gasteiger partial charge in [-0.15, -0.1) is 6.58 Å². The molecule has 0 saturated heterocycles. The Balaban J connectivity index is 3.98. The van der Waals surface area contributed by atoms with Crippen molar-refractivity contribution in [1.82, 2.24) is 0 Å². The van der Waals surface area contributed by atoms with E-state index in [9.17, 15) is 0 Å². The van der Waals surface area contributed by atoms with Crippen LogP contribution in [-0.4, -0.2) is 5.54 Å². The standard InChI is InChI=1S/C9H15N/c1-4-6-7-8-9(3,10)5-2/h4-8H,2,10H2,1,3H3/b6-4-,8-7-/t9-/m1/s1. The van der Waals surface area contributed by atoms with E-state index in [2.05, 4.69) is 6.58 Å². The Morgan fingerprint density at radius 3 is 2.40 bits per heavy atom. The van der Waals surface area contributed by atoms with Gasteiger partial charge in [-0.05, 0) is 13.8 Å². The molecule has 0 aromatic rings. The molecule has 0 bridgehead atoms. The lowest BCUT2D eigenvalue weighted by atomic mass is 10.0. The minimum absolute atomic E-state index is 0.375. The van der Waals surface area contributed by atoms with Crippen molar-refractivity contribution in [1.29, 1.82) is 0 Å². The largest absolute Gasteiger partial charge is 0.319 e. The van der Waals surface area contributed by atoms with Crippen molar-refractivity contribution in [2.45, 2.75) is 19.4 Å². The van der Waals surface area contributed by atoms with Gasteiger partial charge in [-0.25, -0.2) is 0 Å². The van der Waals surface area contributed by atoms with Crippen LogP contribution in [0.3, 0.4) is 0 Å². The van der Waals surface area contributed by atoms with E-state index < -0.39 is 0 Å². The quantitative estimate of drug-likeness (QED) is 0.467. The first-order chi connectivity index (χ1) is 4.62. The maximum absolute atomic E-state index is 5.72. The van der Waals surface area contributed by atoms with Crippen molar-refractivity contribution >= 4 is 0 Å². The van der Waals surface area contributed by atoms with Gasteiger partial charge < -0.3 is 5.73 Å². The van der Waals surface area contributed by atoms with Gasteiger partial charge in [0.2, 0.25) is 0 Å². The number of allylic oxidation sites excluding steroid dienone is 3. The molecule has 0 amide bonds. The molecule has 0 unspecified atom stereocenters. The lowest BCUT2D eigenvalue weighted by Gasteiger charge is -2.12. The van der Waals surface area contributed by atoms with Gasteiger partial charge in [-0.2, -0.15) is 0 Å². The molecule has 0 aliphatic carbocycles. The normalized spacial score (nSPS) is 17.9. The highest BCUT2D eigenvalue weighted by atomic mass is 14.7. The Kier molecular flexibility index (Phi) is 3.74. The zero-order chi connectivity index (χ0) is 8.04. The molecule has 1 atom stereocenters. The highest BCUT2D eigenvalue weighted by Crippen LogP contribution is 2.01. The van der Waals surface area contributed by atoms with Crippen molar-refractivity contribution in [3.63, 3.8) is 0 Å². The van der Waals surface area contributed by atoms with E-state index in [1.807, 2.05) is 38.2 Å². The molecule has 2 N–H and O–H groups in total. The molecule has 0 aliphatic rings. The van der Waals surface area contributed by atoms with Gasteiger partial charge in [0.1, 0.15) is 0 Å². The van der Waals surface area contributed by atoms with Crippen LogP contribution in [0.2, 0.25) is 0 Å². The predicted molar refractivity (Wildman–Crippen MR) is 46.7 cm³/mol. The van der Waals surface area contributed by atoms with Crippen LogP contribution in [0.15, 0.2) is 37.0 Å². The molecule has 0 heterocycles. The zero-order valence-corrected chi connectivity index (χ0v) is 6.67. The summed E-state index contributed by atoms with van der Waals surface area (Å²) in [5, 5.41) is 0. The molecule has 0 radical (unpaired) electrons. The molecule has 0 rings (SSSR count). The molecule has 0 fully saturated rings. The summed E-state index contributed by atoms with van der Waals surface area (Å²) in [5.41, 5.74) is 5.34. The second-order valence-electron chi connectivity index (χ2n) is 2.46. The van der Waals surface area contributed by atoms with E-state index in [-0.39, 0.29) is 5.54 Å². The van der Waals surface area contributed by atoms with E-state index in [0.717, 1.165) is 0 Å². The van der Waals surface area contributed by atoms with Gasteiger partial charge >= 0.3 is 0 Å². The Bertz CT molecular complexity index is 152. The lowest BCUT2D eigenvalue weighted by Crippen LogP contribution is -2.30. The van der Waals surface area contributed by atoms with Gasteiger partial charge in [0, 0.05) is 5.54 Å². The van der Waals surface area contributed by atoms with Gasteiger partial charge in [0.25, 0.3) is 0 Å². The van der Waals surface area contributed by atoms with Crippen LogP contribution < -0.4 is 5.73 Å². The first-order valence-corrected chi connectivity index (χ1v) is 3.35. The molecular formula is C9H15N. The van der Waals surface area contributed by atoms with Crippen molar-refractivity contribution in [3.8, 4) is 0 Å². The van der Waals surface area contributed by atoms with Crippen LogP contribution in [0.4, 0.5) is 0 Å². The summed E-state index contributed by atoms with van der Waals surface area (Å²) in [6.07, 6.45) is 9.43. The fraction of sp³-hybridized carbons (Fsp3) is 0.333. The summed E-state index contributed by atoms with van der Waals surface area (Å²) in [5.74, 6) is 0. The van der Waals surface area contributed by atoms with Gasteiger partial charge in [-0.3, -0.25) is 0 Å². The van der Waals surface area contributed by atoms with Gasteiger partial charge in [0.15, 0.2) is 0 Å².